The zero-order chi connectivity index (χ0) is 19.8. The van der Waals surface area contributed by atoms with Crippen molar-refractivity contribution in [2.24, 2.45) is 10.9 Å². The van der Waals surface area contributed by atoms with E-state index >= 15 is 0 Å². The van der Waals surface area contributed by atoms with Gasteiger partial charge in [0.1, 0.15) is 0 Å². The van der Waals surface area contributed by atoms with Gasteiger partial charge in [0.2, 0.25) is 5.91 Å². The lowest BCUT2D eigenvalue weighted by Gasteiger charge is -2.39. The number of urea groups is 1. The lowest BCUT2D eigenvalue weighted by molar-refractivity contribution is -0.131. The summed E-state index contributed by atoms with van der Waals surface area (Å²) in [6.45, 7) is 0.834. The highest BCUT2D eigenvalue weighted by molar-refractivity contribution is 6.43. The van der Waals surface area contributed by atoms with Gasteiger partial charge in [-0.25, -0.2) is 4.79 Å². The van der Waals surface area contributed by atoms with Crippen molar-refractivity contribution in [3.63, 3.8) is 0 Å². The minimum atomic E-state index is -0.529. The number of likely N-dealkylation sites (tertiary alicyclic amines) is 1. The number of hydrogen-bond acceptors (Lipinski definition) is 3. The number of hydrogen-bond donors (Lipinski definition) is 0. The van der Waals surface area contributed by atoms with Gasteiger partial charge in [-0.2, -0.15) is 4.99 Å². The van der Waals surface area contributed by atoms with E-state index in [1.165, 1.54) is 4.90 Å². The van der Waals surface area contributed by atoms with Crippen LogP contribution in [-0.4, -0.2) is 52.5 Å². The third-order valence-corrected chi connectivity index (χ3v) is 6.05. The Labute approximate surface area is 172 Å². The number of imide groups is 1. The Morgan fingerprint density at radius 3 is 2.61 bits per heavy atom. The molecule has 1 aromatic rings. The van der Waals surface area contributed by atoms with Gasteiger partial charge in [-0.3, -0.25) is 14.5 Å². The standard InChI is InChI=1S/C20H17Cl2N3O3/c21-15-6-3-5-14(17(15)22)18(26)24-10-8-12(9-11-24)25-19(27)13-4-1-2-7-16(13)23-20(25)28/h1-7,12-13H,8-11H2. The molecule has 8 heteroatoms. The number of amides is 4. The molecule has 4 amide bonds. The second kappa shape index (κ2) is 7.53. The van der Waals surface area contributed by atoms with Gasteiger partial charge >= 0.3 is 6.03 Å². The second-order valence-corrected chi connectivity index (χ2v) is 7.66. The SMILES string of the molecule is O=C(c1cccc(Cl)c1Cl)N1CCC(N2C(=O)N=C3C=CC=CC3C2=O)CC1. The van der Waals surface area contributed by atoms with E-state index in [0.717, 1.165) is 0 Å². The van der Waals surface area contributed by atoms with Gasteiger partial charge < -0.3 is 4.90 Å². The highest BCUT2D eigenvalue weighted by atomic mass is 35.5. The normalized spacial score (nSPS) is 22.4. The average Bonchev–Trinajstić information content (AvgIpc) is 2.70. The summed E-state index contributed by atoms with van der Waals surface area (Å²) in [4.78, 5) is 45.0. The summed E-state index contributed by atoms with van der Waals surface area (Å²) in [5.74, 6) is -0.964. The summed E-state index contributed by atoms with van der Waals surface area (Å²) >= 11 is 12.2. The van der Waals surface area contributed by atoms with Gasteiger partial charge in [0.15, 0.2) is 0 Å². The molecule has 0 saturated carbocycles. The number of aliphatic imine (C=N–C) groups is 1. The number of benzene rings is 1. The van der Waals surface area contributed by atoms with Crippen LogP contribution in [-0.2, 0) is 4.79 Å². The number of allylic oxidation sites excluding steroid dienone is 3. The van der Waals surface area contributed by atoms with E-state index in [2.05, 4.69) is 4.99 Å². The van der Waals surface area contributed by atoms with Gasteiger partial charge in [-0.05, 0) is 31.1 Å². The zero-order valence-electron chi connectivity index (χ0n) is 14.8. The number of carbonyl (C=O) groups is 3. The average molecular weight is 418 g/mol. The molecule has 1 saturated heterocycles. The summed E-state index contributed by atoms with van der Waals surface area (Å²) in [6.07, 6.45) is 7.98. The first-order valence-corrected chi connectivity index (χ1v) is 9.76. The lowest BCUT2D eigenvalue weighted by Crippen LogP contribution is -2.54. The van der Waals surface area contributed by atoms with Crippen molar-refractivity contribution in [2.45, 2.75) is 18.9 Å². The third kappa shape index (κ3) is 3.27. The molecule has 4 rings (SSSR count). The minimum Gasteiger partial charge on any atom is -0.338 e. The Morgan fingerprint density at radius 2 is 1.86 bits per heavy atom. The van der Waals surface area contributed by atoms with Crippen molar-refractivity contribution in [1.82, 2.24) is 9.80 Å². The van der Waals surface area contributed by atoms with Crippen molar-refractivity contribution < 1.29 is 14.4 Å². The predicted molar refractivity (Wildman–Crippen MR) is 107 cm³/mol. The van der Waals surface area contributed by atoms with Gasteiger partial charge in [-0.1, -0.05) is 47.5 Å². The molecular formula is C20H17Cl2N3O3. The van der Waals surface area contributed by atoms with Gasteiger partial charge in [0.25, 0.3) is 5.91 Å². The van der Waals surface area contributed by atoms with Crippen molar-refractivity contribution in [3.8, 4) is 0 Å². The van der Waals surface area contributed by atoms with Crippen molar-refractivity contribution >= 4 is 46.8 Å². The van der Waals surface area contributed by atoms with E-state index in [9.17, 15) is 14.4 Å². The van der Waals surface area contributed by atoms with E-state index in [0.29, 0.717) is 42.2 Å². The fraction of sp³-hybridized carbons (Fsp3) is 0.300. The Bertz CT molecular complexity index is 946. The van der Waals surface area contributed by atoms with Crippen LogP contribution in [0.1, 0.15) is 23.2 Å². The van der Waals surface area contributed by atoms with Gasteiger partial charge in [-0.15, -0.1) is 0 Å². The van der Waals surface area contributed by atoms with E-state index in [4.69, 9.17) is 23.2 Å². The lowest BCUT2D eigenvalue weighted by atomic mass is 9.93. The van der Waals surface area contributed by atoms with Crippen molar-refractivity contribution in [3.05, 3.63) is 58.1 Å². The molecule has 2 heterocycles. The van der Waals surface area contributed by atoms with Crippen LogP contribution in [0.2, 0.25) is 10.0 Å². The molecule has 0 radical (unpaired) electrons. The first kappa shape index (κ1) is 18.9. The summed E-state index contributed by atoms with van der Waals surface area (Å²) in [7, 11) is 0. The molecule has 1 fully saturated rings. The minimum absolute atomic E-state index is 0.206. The molecule has 0 N–H and O–H groups in total. The van der Waals surface area contributed by atoms with E-state index in [1.807, 2.05) is 0 Å². The summed E-state index contributed by atoms with van der Waals surface area (Å²) in [5.41, 5.74) is 0.836. The van der Waals surface area contributed by atoms with Crippen molar-refractivity contribution in [1.29, 1.82) is 0 Å². The van der Waals surface area contributed by atoms with E-state index in [-0.39, 0.29) is 22.9 Å². The quantitative estimate of drug-likeness (QED) is 0.735. The molecule has 1 aliphatic carbocycles. The molecule has 0 bridgehead atoms. The Kier molecular flexibility index (Phi) is 5.08. The highest BCUT2D eigenvalue weighted by Crippen LogP contribution is 2.29. The maximum atomic E-state index is 12.8. The summed E-state index contributed by atoms with van der Waals surface area (Å²) in [5, 5.41) is 0.562. The van der Waals surface area contributed by atoms with Gasteiger partial charge in [0, 0.05) is 19.1 Å². The first-order valence-electron chi connectivity index (χ1n) is 9.01. The molecule has 3 aliphatic rings. The summed E-state index contributed by atoms with van der Waals surface area (Å²) < 4.78 is 0. The topological polar surface area (TPSA) is 70.1 Å². The smallest absolute Gasteiger partial charge is 0.338 e. The molecule has 1 atom stereocenters. The van der Waals surface area contributed by atoms with Crippen LogP contribution in [0.3, 0.4) is 0 Å². The largest absolute Gasteiger partial charge is 0.350 e. The molecule has 6 nitrogen and oxygen atoms in total. The Hall–Kier alpha value is -2.44. The highest BCUT2D eigenvalue weighted by Gasteiger charge is 2.41. The predicted octanol–water partition coefficient (Wildman–Crippen LogP) is 3.74. The number of carbonyl (C=O) groups excluding carboxylic acids is 3. The fourth-order valence-electron chi connectivity index (χ4n) is 3.76. The van der Waals surface area contributed by atoms with Crippen LogP contribution in [0.4, 0.5) is 4.79 Å². The Balaban J connectivity index is 1.46. The molecule has 144 valence electrons. The fourth-order valence-corrected chi connectivity index (χ4v) is 4.14. The maximum absolute atomic E-state index is 12.8. The van der Waals surface area contributed by atoms with Crippen LogP contribution in [0.5, 0.6) is 0 Å². The van der Waals surface area contributed by atoms with Crippen LogP contribution in [0, 0.1) is 5.92 Å². The van der Waals surface area contributed by atoms with Crippen LogP contribution in [0.25, 0.3) is 0 Å². The number of rotatable bonds is 2. The summed E-state index contributed by atoms with van der Waals surface area (Å²) in [6, 6.07) is 4.15. The number of halogens is 2. The maximum Gasteiger partial charge on any atom is 0.350 e. The van der Waals surface area contributed by atoms with Crippen LogP contribution in [0.15, 0.2) is 47.5 Å². The molecular weight excluding hydrogens is 401 g/mol. The van der Waals surface area contributed by atoms with E-state index in [1.54, 1.807) is 47.4 Å². The molecule has 2 aliphatic heterocycles. The molecule has 28 heavy (non-hydrogen) atoms. The second-order valence-electron chi connectivity index (χ2n) is 6.87. The monoisotopic (exact) mass is 417 g/mol. The number of piperidine rings is 1. The van der Waals surface area contributed by atoms with Crippen LogP contribution >= 0.6 is 23.2 Å². The number of nitrogens with zero attached hydrogens (tertiary/aromatic N) is 3. The first-order chi connectivity index (χ1) is 13.5. The zero-order valence-corrected chi connectivity index (χ0v) is 16.4. The van der Waals surface area contributed by atoms with Gasteiger partial charge in [0.05, 0.1) is 27.2 Å². The van der Waals surface area contributed by atoms with Crippen LogP contribution < -0.4 is 0 Å². The van der Waals surface area contributed by atoms with E-state index < -0.39 is 11.9 Å². The number of fused-ring (bicyclic) bond motifs is 1. The Morgan fingerprint density at radius 1 is 1.11 bits per heavy atom. The molecule has 0 aromatic heterocycles. The molecule has 1 unspecified atom stereocenters. The molecule has 0 spiro atoms. The molecule has 1 aromatic carbocycles. The van der Waals surface area contributed by atoms with Crippen molar-refractivity contribution in [2.75, 3.05) is 13.1 Å². The third-order valence-electron chi connectivity index (χ3n) is 5.23.